The van der Waals surface area contributed by atoms with Gasteiger partial charge in [0.15, 0.2) is 0 Å². The Morgan fingerprint density at radius 3 is 2.00 bits per heavy atom. The lowest BCUT2D eigenvalue weighted by Crippen LogP contribution is -2.07. The molecule has 0 aromatic heterocycles. The molecule has 0 fully saturated rings. The van der Waals surface area contributed by atoms with E-state index in [1.165, 1.54) is 32.4 Å². The molecule has 1 aromatic rings. The van der Waals surface area contributed by atoms with Crippen LogP contribution >= 0.6 is 0 Å². The molecular weight excluding hydrogens is 236 g/mol. The van der Waals surface area contributed by atoms with Gasteiger partial charge < -0.3 is 14.2 Å². The van der Waals surface area contributed by atoms with Gasteiger partial charge in [-0.1, -0.05) is 5.92 Å². The second-order valence-corrected chi connectivity index (χ2v) is 3.22. The van der Waals surface area contributed by atoms with Gasteiger partial charge in [0.25, 0.3) is 0 Å². The lowest BCUT2D eigenvalue weighted by Gasteiger charge is -2.07. The maximum atomic E-state index is 11.4. The Labute approximate surface area is 105 Å². The average Bonchev–Trinajstić information content (AvgIpc) is 2.42. The zero-order valence-corrected chi connectivity index (χ0v) is 10.1. The maximum Gasteiger partial charge on any atom is 0.338 e. The van der Waals surface area contributed by atoms with Crippen molar-refractivity contribution in [3.8, 4) is 18.1 Å². The number of benzene rings is 1. The summed E-state index contributed by atoms with van der Waals surface area (Å²) in [5.74, 6) is 1.43. The van der Waals surface area contributed by atoms with E-state index in [2.05, 4.69) is 15.4 Å². The molecule has 0 N–H and O–H groups in total. The first-order chi connectivity index (χ1) is 8.62. The van der Waals surface area contributed by atoms with Crippen molar-refractivity contribution < 1.29 is 23.8 Å². The predicted molar refractivity (Wildman–Crippen MR) is 63.4 cm³/mol. The van der Waals surface area contributed by atoms with Gasteiger partial charge >= 0.3 is 11.9 Å². The van der Waals surface area contributed by atoms with Crippen LogP contribution in [-0.4, -0.2) is 32.8 Å². The molecule has 0 aliphatic carbocycles. The van der Waals surface area contributed by atoms with E-state index in [4.69, 9.17) is 11.2 Å². The van der Waals surface area contributed by atoms with Gasteiger partial charge in [-0.2, -0.15) is 0 Å². The van der Waals surface area contributed by atoms with Crippen molar-refractivity contribution in [1.82, 2.24) is 0 Å². The Kier molecular flexibility index (Phi) is 4.76. The molecule has 0 aliphatic rings. The quantitative estimate of drug-likeness (QED) is 0.593. The van der Waals surface area contributed by atoms with Crippen molar-refractivity contribution in [2.24, 2.45) is 0 Å². The van der Waals surface area contributed by atoms with Gasteiger partial charge in [-0.25, -0.2) is 9.59 Å². The summed E-state index contributed by atoms with van der Waals surface area (Å²) in [7, 11) is 2.49. The highest BCUT2D eigenvalue weighted by atomic mass is 16.5. The van der Waals surface area contributed by atoms with Gasteiger partial charge in [0.1, 0.15) is 12.4 Å². The first-order valence-electron chi connectivity index (χ1n) is 5.00. The van der Waals surface area contributed by atoms with Crippen LogP contribution in [-0.2, 0) is 9.47 Å². The van der Waals surface area contributed by atoms with Gasteiger partial charge in [0.2, 0.25) is 0 Å². The van der Waals surface area contributed by atoms with E-state index < -0.39 is 11.9 Å². The molecule has 94 valence electrons. The Morgan fingerprint density at radius 2 is 1.61 bits per heavy atom. The highest BCUT2D eigenvalue weighted by Crippen LogP contribution is 2.18. The number of hydrogen-bond acceptors (Lipinski definition) is 5. The van der Waals surface area contributed by atoms with Gasteiger partial charge in [-0.3, -0.25) is 0 Å². The van der Waals surface area contributed by atoms with E-state index in [1.807, 2.05) is 0 Å². The van der Waals surface area contributed by atoms with Crippen molar-refractivity contribution in [1.29, 1.82) is 0 Å². The summed E-state index contributed by atoms with van der Waals surface area (Å²) in [5.41, 5.74) is 0.375. The average molecular weight is 248 g/mol. The van der Waals surface area contributed by atoms with Gasteiger partial charge in [-0.05, 0) is 18.2 Å². The Morgan fingerprint density at radius 1 is 1.11 bits per heavy atom. The molecule has 0 radical (unpaired) electrons. The summed E-state index contributed by atoms with van der Waals surface area (Å²) in [6.07, 6.45) is 5.07. The topological polar surface area (TPSA) is 61.8 Å². The van der Waals surface area contributed by atoms with E-state index in [9.17, 15) is 9.59 Å². The van der Waals surface area contributed by atoms with E-state index in [0.29, 0.717) is 5.75 Å². The van der Waals surface area contributed by atoms with E-state index in [1.54, 1.807) is 0 Å². The summed E-state index contributed by atoms with van der Waals surface area (Å²) in [6, 6.07) is 4.24. The normalized spacial score (nSPS) is 9.17. The van der Waals surface area contributed by atoms with Crippen LogP contribution in [0.2, 0.25) is 0 Å². The second kappa shape index (κ2) is 6.30. The fourth-order valence-corrected chi connectivity index (χ4v) is 1.28. The van der Waals surface area contributed by atoms with Crippen LogP contribution in [0.15, 0.2) is 18.2 Å². The predicted octanol–water partition coefficient (Wildman–Crippen LogP) is 1.27. The van der Waals surface area contributed by atoms with E-state index >= 15 is 0 Å². The standard InChI is InChI=1S/C13H12O5/c1-4-5-18-11-7-9(12(14)16-2)6-10(8-11)13(15)17-3/h1,6-8H,5H2,2-3H3. The third kappa shape index (κ3) is 3.25. The fourth-order valence-electron chi connectivity index (χ4n) is 1.28. The summed E-state index contributed by atoms with van der Waals surface area (Å²) >= 11 is 0. The molecule has 1 aromatic carbocycles. The van der Waals surface area contributed by atoms with Crippen LogP contribution in [0.5, 0.6) is 5.75 Å². The number of carbonyl (C=O) groups is 2. The molecule has 18 heavy (non-hydrogen) atoms. The molecule has 5 nitrogen and oxygen atoms in total. The lowest BCUT2D eigenvalue weighted by atomic mass is 10.1. The zero-order valence-electron chi connectivity index (χ0n) is 10.1. The number of esters is 2. The molecule has 0 amide bonds. The lowest BCUT2D eigenvalue weighted by molar-refractivity contribution is 0.0598. The number of hydrogen-bond donors (Lipinski definition) is 0. The first-order valence-corrected chi connectivity index (χ1v) is 5.00. The smallest absolute Gasteiger partial charge is 0.338 e. The summed E-state index contributed by atoms with van der Waals surface area (Å²) in [6.45, 7) is 0.0330. The van der Waals surface area contributed by atoms with Crippen molar-refractivity contribution in [2.75, 3.05) is 20.8 Å². The minimum Gasteiger partial charge on any atom is -0.481 e. The SMILES string of the molecule is C#CCOc1cc(C(=O)OC)cc(C(=O)OC)c1. The summed E-state index contributed by atoms with van der Waals surface area (Å²) in [5, 5.41) is 0. The van der Waals surface area contributed by atoms with Gasteiger partial charge in [0, 0.05) is 0 Å². The number of terminal acetylenes is 1. The zero-order chi connectivity index (χ0) is 13.5. The molecule has 0 unspecified atom stereocenters. The molecule has 0 heterocycles. The molecule has 5 heteroatoms. The summed E-state index contributed by atoms with van der Waals surface area (Å²) in [4.78, 5) is 22.9. The fraction of sp³-hybridized carbons (Fsp3) is 0.231. The number of carbonyl (C=O) groups excluding carboxylic acids is 2. The van der Waals surface area contributed by atoms with Crippen molar-refractivity contribution in [3.63, 3.8) is 0 Å². The van der Waals surface area contributed by atoms with Crippen LogP contribution in [0.4, 0.5) is 0 Å². The number of rotatable bonds is 4. The molecule has 0 atom stereocenters. The third-order valence-corrected chi connectivity index (χ3v) is 2.07. The summed E-state index contributed by atoms with van der Waals surface area (Å²) < 4.78 is 14.3. The molecule has 0 aliphatic heterocycles. The minimum atomic E-state index is -0.577. The van der Waals surface area contributed by atoms with E-state index in [0.717, 1.165) is 0 Å². The number of ether oxygens (including phenoxy) is 3. The highest BCUT2D eigenvalue weighted by molar-refractivity contribution is 5.96. The molecule has 0 saturated carbocycles. The molecule has 1 rings (SSSR count). The monoisotopic (exact) mass is 248 g/mol. The Hall–Kier alpha value is -2.48. The Bertz CT molecular complexity index is 464. The van der Waals surface area contributed by atoms with Crippen LogP contribution in [0.1, 0.15) is 20.7 Å². The van der Waals surface area contributed by atoms with Crippen molar-refractivity contribution in [2.45, 2.75) is 0 Å². The van der Waals surface area contributed by atoms with Crippen molar-refractivity contribution in [3.05, 3.63) is 29.3 Å². The second-order valence-electron chi connectivity index (χ2n) is 3.22. The van der Waals surface area contributed by atoms with Gasteiger partial charge in [0.05, 0.1) is 25.3 Å². The van der Waals surface area contributed by atoms with Crippen LogP contribution in [0, 0.1) is 12.3 Å². The minimum absolute atomic E-state index is 0.0330. The van der Waals surface area contributed by atoms with Crippen LogP contribution in [0.25, 0.3) is 0 Å². The van der Waals surface area contributed by atoms with Crippen molar-refractivity contribution >= 4 is 11.9 Å². The van der Waals surface area contributed by atoms with E-state index in [-0.39, 0.29) is 17.7 Å². The largest absolute Gasteiger partial charge is 0.481 e. The van der Waals surface area contributed by atoms with Crippen LogP contribution < -0.4 is 4.74 Å². The number of methoxy groups -OCH3 is 2. The van der Waals surface area contributed by atoms with Gasteiger partial charge in [-0.15, -0.1) is 6.42 Å². The molecule has 0 saturated heterocycles. The molecule has 0 spiro atoms. The van der Waals surface area contributed by atoms with Crippen LogP contribution in [0.3, 0.4) is 0 Å². The first kappa shape index (κ1) is 13.6. The maximum absolute atomic E-state index is 11.4. The third-order valence-electron chi connectivity index (χ3n) is 2.07. The molecule has 0 bridgehead atoms. The highest BCUT2D eigenvalue weighted by Gasteiger charge is 2.14. The Balaban J connectivity index is 3.16. The molecular formula is C13H12O5.